The molecule has 1 amide bonds. The standard InChI is InChI=1S/C17H26N2O/c1-14-6-5-7-15(10-14)11-16(20)19-13-17(12-18)8-3-2-4-9-17/h5-7,10H,2-4,8-9,11-13,18H2,1H3,(H,19,20). The minimum Gasteiger partial charge on any atom is -0.355 e. The van der Waals surface area contributed by atoms with Gasteiger partial charge in [-0.15, -0.1) is 0 Å². The second-order valence-corrected chi connectivity index (χ2v) is 6.21. The van der Waals surface area contributed by atoms with Crippen LogP contribution < -0.4 is 11.1 Å². The molecule has 1 aromatic rings. The van der Waals surface area contributed by atoms with Crippen LogP contribution in [0.4, 0.5) is 0 Å². The first-order chi connectivity index (χ1) is 9.63. The Hall–Kier alpha value is -1.35. The predicted octanol–water partition coefficient (Wildman–Crippen LogP) is 2.56. The van der Waals surface area contributed by atoms with E-state index in [0.29, 0.717) is 13.0 Å². The van der Waals surface area contributed by atoms with Gasteiger partial charge in [0.15, 0.2) is 0 Å². The van der Waals surface area contributed by atoms with Gasteiger partial charge >= 0.3 is 0 Å². The van der Waals surface area contributed by atoms with Gasteiger partial charge in [0, 0.05) is 6.54 Å². The third-order valence-electron chi connectivity index (χ3n) is 4.45. The van der Waals surface area contributed by atoms with Crippen molar-refractivity contribution in [3.8, 4) is 0 Å². The monoisotopic (exact) mass is 274 g/mol. The van der Waals surface area contributed by atoms with E-state index in [1.165, 1.54) is 24.8 Å². The Morgan fingerprint density at radius 1 is 1.30 bits per heavy atom. The molecule has 0 bridgehead atoms. The fraction of sp³-hybridized carbons (Fsp3) is 0.588. The number of amides is 1. The minimum absolute atomic E-state index is 0.106. The largest absolute Gasteiger partial charge is 0.355 e. The highest BCUT2D eigenvalue weighted by Gasteiger charge is 2.30. The maximum absolute atomic E-state index is 12.1. The average Bonchev–Trinajstić information content (AvgIpc) is 2.46. The summed E-state index contributed by atoms with van der Waals surface area (Å²) in [6.45, 7) is 3.46. The van der Waals surface area contributed by atoms with Gasteiger partial charge in [0.2, 0.25) is 5.91 Å². The van der Waals surface area contributed by atoms with Crippen LogP contribution in [0.5, 0.6) is 0 Å². The summed E-state index contributed by atoms with van der Waals surface area (Å²) in [5, 5.41) is 3.09. The molecule has 20 heavy (non-hydrogen) atoms. The number of nitrogens with two attached hydrogens (primary N) is 1. The van der Waals surface area contributed by atoms with E-state index < -0.39 is 0 Å². The van der Waals surface area contributed by atoms with Crippen LogP contribution in [0.1, 0.15) is 43.2 Å². The average molecular weight is 274 g/mol. The molecule has 0 aliphatic heterocycles. The van der Waals surface area contributed by atoms with E-state index in [-0.39, 0.29) is 11.3 Å². The van der Waals surface area contributed by atoms with E-state index in [1.807, 2.05) is 25.1 Å². The van der Waals surface area contributed by atoms with Crippen molar-refractivity contribution in [3.63, 3.8) is 0 Å². The van der Waals surface area contributed by atoms with Gasteiger partial charge < -0.3 is 11.1 Å². The highest BCUT2D eigenvalue weighted by atomic mass is 16.1. The molecule has 3 nitrogen and oxygen atoms in total. The van der Waals surface area contributed by atoms with Gasteiger partial charge in [-0.25, -0.2) is 0 Å². The number of rotatable bonds is 5. The van der Waals surface area contributed by atoms with Crippen molar-refractivity contribution in [3.05, 3.63) is 35.4 Å². The Balaban J connectivity index is 1.85. The van der Waals surface area contributed by atoms with Crippen LogP contribution in [0.15, 0.2) is 24.3 Å². The molecule has 1 aliphatic rings. The zero-order valence-electron chi connectivity index (χ0n) is 12.5. The number of benzene rings is 1. The lowest BCUT2D eigenvalue weighted by Crippen LogP contribution is -2.44. The highest BCUT2D eigenvalue weighted by molar-refractivity contribution is 5.78. The molecule has 0 radical (unpaired) electrons. The molecular formula is C17H26N2O. The van der Waals surface area contributed by atoms with E-state index in [0.717, 1.165) is 24.9 Å². The molecule has 0 atom stereocenters. The van der Waals surface area contributed by atoms with E-state index in [1.54, 1.807) is 0 Å². The smallest absolute Gasteiger partial charge is 0.224 e. The van der Waals surface area contributed by atoms with Crippen molar-refractivity contribution >= 4 is 5.91 Å². The Morgan fingerprint density at radius 2 is 2.05 bits per heavy atom. The van der Waals surface area contributed by atoms with E-state index in [2.05, 4.69) is 11.4 Å². The van der Waals surface area contributed by atoms with Gasteiger partial charge in [0.25, 0.3) is 0 Å². The molecule has 0 saturated heterocycles. The van der Waals surface area contributed by atoms with Gasteiger partial charge in [-0.3, -0.25) is 4.79 Å². The van der Waals surface area contributed by atoms with Crippen molar-refractivity contribution in [2.45, 2.75) is 45.4 Å². The van der Waals surface area contributed by atoms with Crippen molar-refractivity contribution in [2.24, 2.45) is 11.1 Å². The highest BCUT2D eigenvalue weighted by Crippen LogP contribution is 2.34. The van der Waals surface area contributed by atoms with E-state index in [9.17, 15) is 4.79 Å². The molecule has 3 N–H and O–H groups in total. The molecule has 1 aliphatic carbocycles. The van der Waals surface area contributed by atoms with Gasteiger partial charge in [-0.05, 0) is 37.3 Å². The summed E-state index contributed by atoms with van der Waals surface area (Å²) in [4.78, 5) is 12.1. The van der Waals surface area contributed by atoms with Crippen LogP contribution in [0.3, 0.4) is 0 Å². The summed E-state index contributed by atoms with van der Waals surface area (Å²) in [5.41, 5.74) is 8.36. The molecule has 0 unspecified atom stereocenters. The maximum Gasteiger partial charge on any atom is 0.224 e. The molecule has 0 aromatic heterocycles. The summed E-state index contributed by atoms with van der Waals surface area (Å²) >= 11 is 0. The van der Waals surface area contributed by atoms with Gasteiger partial charge in [0.1, 0.15) is 0 Å². The number of carbonyl (C=O) groups is 1. The molecular weight excluding hydrogens is 248 g/mol. The summed E-state index contributed by atoms with van der Waals surface area (Å²) in [7, 11) is 0. The molecule has 1 saturated carbocycles. The number of nitrogens with one attached hydrogen (secondary N) is 1. The summed E-state index contributed by atoms with van der Waals surface area (Å²) in [6.07, 6.45) is 6.54. The van der Waals surface area contributed by atoms with Gasteiger partial charge in [-0.2, -0.15) is 0 Å². The zero-order valence-corrected chi connectivity index (χ0v) is 12.5. The molecule has 0 spiro atoms. The molecule has 1 fully saturated rings. The molecule has 110 valence electrons. The quantitative estimate of drug-likeness (QED) is 0.867. The molecule has 0 heterocycles. The lowest BCUT2D eigenvalue weighted by Gasteiger charge is -2.36. The normalized spacial score (nSPS) is 17.7. The number of hydrogen-bond donors (Lipinski definition) is 2. The first-order valence-corrected chi connectivity index (χ1v) is 7.66. The van der Waals surface area contributed by atoms with E-state index >= 15 is 0 Å². The van der Waals surface area contributed by atoms with Crippen molar-refractivity contribution in [1.29, 1.82) is 0 Å². The Morgan fingerprint density at radius 3 is 2.70 bits per heavy atom. The maximum atomic E-state index is 12.1. The summed E-state index contributed by atoms with van der Waals surface area (Å²) in [6, 6.07) is 8.12. The van der Waals surface area contributed by atoms with Crippen LogP contribution >= 0.6 is 0 Å². The Labute approximate surface area is 121 Å². The lowest BCUT2D eigenvalue weighted by molar-refractivity contribution is -0.121. The summed E-state index contributed by atoms with van der Waals surface area (Å²) < 4.78 is 0. The van der Waals surface area contributed by atoms with Crippen molar-refractivity contribution in [2.75, 3.05) is 13.1 Å². The Kier molecular flexibility index (Phi) is 5.18. The van der Waals surface area contributed by atoms with Crippen LogP contribution in [0.2, 0.25) is 0 Å². The third kappa shape index (κ3) is 4.07. The number of aryl methyl sites for hydroxylation is 1. The Bertz CT molecular complexity index is 450. The van der Waals surface area contributed by atoms with Crippen molar-refractivity contribution < 1.29 is 4.79 Å². The van der Waals surface area contributed by atoms with Crippen LogP contribution in [-0.4, -0.2) is 19.0 Å². The van der Waals surface area contributed by atoms with Gasteiger partial charge in [0.05, 0.1) is 6.42 Å². The lowest BCUT2D eigenvalue weighted by atomic mass is 9.74. The van der Waals surface area contributed by atoms with E-state index in [4.69, 9.17) is 5.73 Å². The third-order valence-corrected chi connectivity index (χ3v) is 4.45. The minimum atomic E-state index is 0.106. The number of carbonyl (C=O) groups excluding carboxylic acids is 1. The molecule has 1 aromatic carbocycles. The van der Waals surface area contributed by atoms with Crippen molar-refractivity contribution in [1.82, 2.24) is 5.32 Å². The van der Waals surface area contributed by atoms with Crippen LogP contribution in [0.25, 0.3) is 0 Å². The fourth-order valence-corrected chi connectivity index (χ4v) is 3.11. The predicted molar refractivity (Wildman–Crippen MR) is 82.5 cm³/mol. The van der Waals surface area contributed by atoms with Gasteiger partial charge in [-0.1, -0.05) is 49.1 Å². The zero-order chi connectivity index (χ0) is 14.4. The molecule has 2 rings (SSSR count). The first-order valence-electron chi connectivity index (χ1n) is 7.66. The summed E-state index contributed by atoms with van der Waals surface area (Å²) in [5.74, 6) is 0.106. The topological polar surface area (TPSA) is 55.1 Å². The SMILES string of the molecule is Cc1cccc(CC(=O)NCC2(CN)CCCCC2)c1. The number of hydrogen-bond acceptors (Lipinski definition) is 2. The fourth-order valence-electron chi connectivity index (χ4n) is 3.11. The van der Waals surface area contributed by atoms with Crippen LogP contribution in [0, 0.1) is 12.3 Å². The van der Waals surface area contributed by atoms with Crippen LogP contribution in [-0.2, 0) is 11.2 Å². The second-order valence-electron chi connectivity index (χ2n) is 6.21. The second kappa shape index (κ2) is 6.89. The first kappa shape index (κ1) is 15.0. The molecule has 3 heteroatoms.